The highest BCUT2D eigenvalue weighted by Gasteiger charge is 2.40. The molecule has 25 heavy (non-hydrogen) atoms. The number of amides is 2. The Morgan fingerprint density at radius 1 is 1.32 bits per heavy atom. The third kappa shape index (κ3) is 4.30. The van der Waals surface area contributed by atoms with Gasteiger partial charge in [0.25, 0.3) is 5.91 Å². The van der Waals surface area contributed by atoms with Gasteiger partial charge in [-0.1, -0.05) is 23.7 Å². The van der Waals surface area contributed by atoms with Crippen LogP contribution in [0, 0.1) is 11.8 Å². The highest BCUT2D eigenvalue weighted by Crippen LogP contribution is 2.27. The molecular formula is C18H24ClN3O2S. The standard InChI is InChI=1S/C18H24ClN3O2S/c1-25-7-6-16(21-17(23)14-4-2-3-5-15(14)19)18(24)22-10-12-8-20-9-13(12)11-22/h2-5,12-13,16,20H,6-11H2,1H3,(H,21,23)/t12-,13+,16?. The fourth-order valence-electron chi connectivity index (χ4n) is 3.63. The van der Waals surface area contributed by atoms with Crippen molar-refractivity contribution in [1.82, 2.24) is 15.5 Å². The Labute approximate surface area is 157 Å². The lowest BCUT2D eigenvalue weighted by molar-refractivity contribution is -0.132. The van der Waals surface area contributed by atoms with E-state index in [0.717, 1.165) is 31.9 Å². The van der Waals surface area contributed by atoms with Crippen molar-refractivity contribution in [3.8, 4) is 0 Å². The van der Waals surface area contributed by atoms with Crippen molar-refractivity contribution < 1.29 is 9.59 Å². The molecule has 3 atom stereocenters. The van der Waals surface area contributed by atoms with E-state index < -0.39 is 6.04 Å². The Balaban J connectivity index is 1.67. The second-order valence-corrected chi connectivity index (χ2v) is 8.10. The SMILES string of the molecule is CSCCC(NC(=O)c1ccccc1Cl)C(=O)N1C[C@H]2CNC[C@H]2C1. The normalized spacial score (nSPS) is 23.4. The highest BCUT2D eigenvalue weighted by atomic mass is 35.5. The first-order valence-electron chi connectivity index (χ1n) is 8.64. The summed E-state index contributed by atoms with van der Waals surface area (Å²) in [4.78, 5) is 27.5. The number of nitrogens with one attached hydrogen (secondary N) is 2. The molecule has 136 valence electrons. The lowest BCUT2D eigenvalue weighted by Gasteiger charge is -2.25. The van der Waals surface area contributed by atoms with Crippen LogP contribution in [0.5, 0.6) is 0 Å². The Morgan fingerprint density at radius 3 is 2.64 bits per heavy atom. The van der Waals surface area contributed by atoms with Crippen LogP contribution >= 0.6 is 23.4 Å². The third-order valence-electron chi connectivity index (χ3n) is 5.03. The molecule has 2 N–H and O–H groups in total. The van der Waals surface area contributed by atoms with Gasteiger partial charge in [-0.25, -0.2) is 0 Å². The van der Waals surface area contributed by atoms with Gasteiger partial charge in [0.1, 0.15) is 6.04 Å². The van der Waals surface area contributed by atoms with Crippen LogP contribution in [0.2, 0.25) is 5.02 Å². The van der Waals surface area contributed by atoms with Crippen molar-refractivity contribution in [1.29, 1.82) is 0 Å². The van der Waals surface area contributed by atoms with Gasteiger partial charge < -0.3 is 15.5 Å². The Kier molecular flexibility index (Phi) is 6.25. The van der Waals surface area contributed by atoms with Crippen LogP contribution in [0.25, 0.3) is 0 Å². The molecule has 5 nitrogen and oxygen atoms in total. The molecule has 0 bridgehead atoms. The van der Waals surface area contributed by atoms with Crippen LogP contribution in [-0.2, 0) is 4.79 Å². The van der Waals surface area contributed by atoms with E-state index in [9.17, 15) is 9.59 Å². The number of thioether (sulfide) groups is 1. The molecule has 0 radical (unpaired) electrons. The number of rotatable bonds is 6. The first-order valence-corrected chi connectivity index (χ1v) is 10.4. The van der Waals surface area contributed by atoms with Gasteiger partial charge in [0.2, 0.25) is 5.91 Å². The summed E-state index contributed by atoms with van der Waals surface area (Å²) in [5.41, 5.74) is 0.411. The molecule has 0 aromatic heterocycles. The van der Waals surface area contributed by atoms with Crippen molar-refractivity contribution in [2.45, 2.75) is 12.5 Å². The molecule has 0 spiro atoms. The second kappa shape index (κ2) is 8.43. The maximum absolute atomic E-state index is 13.0. The van der Waals surface area contributed by atoms with E-state index in [1.54, 1.807) is 36.0 Å². The van der Waals surface area contributed by atoms with Crippen LogP contribution in [0.4, 0.5) is 0 Å². The fraction of sp³-hybridized carbons (Fsp3) is 0.556. The van der Waals surface area contributed by atoms with E-state index in [-0.39, 0.29) is 11.8 Å². The molecule has 2 fully saturated rings. The second-order valence-electron chi connectivity index (χ2n) is 6.71. The maximum atomic E-state index is 13.0. The van der Waals surface area contributed by atoms with Crippen molar-refractivity contribution in [2.24, 2.45) is 11.8 Å². The number of halogens is 1. The molecule has 1 unspecified atom stereocenters. The Bertz CT molecular complexity index is 631. The number of hydrogen-bond donors (Lipinski definition) is 2. The zero-order valence-electron chi connectivity index (χ0n) is 14.3. The largest absolute Gasteiger partial charge is 0.340 e. The summed E-state index contributed by atoms with van der Waals surface area (Å²) in [6.07, 6.45) is 2.63. The van der Waals surface area contributed by atoms with Crippen LogP contribution < -0.4 is 10.6 Å². The van der Waals surface area contributed by atoms with Gasteiger partial charge >= 0.3 is 0 Å². The van der Waals surface area contributed by atoms with Crippen molar-refractivity contribution >= 4 is 35.2 Å². The van der Waals surface area contributed by atoms with Crippen molar-refractivity contribution in [2.75, 3.05) is 38.2 Å². The zero-order valence-corrected chi connectivity index (χ0v) is 15.9. The lowest BCUT2D eigenvalue weighted by atomic mass is 10.0. The average Bonchev–Trinajstić information content (AvgIpc) is 3.20. The summed E-state index contributed by atoms with van der Waals surface area (Å²) in [7, 11) is 0. The zero-order chi connectivity index (χ0) is 17.8. The first kappa shape index (κ1) is 18.5. The summed E-state index contributed by atoms with van der Waals surface area (Å²) < 4.78 is 0. The molecular weight excluding hydrogens is 358 g/mol. The summed E-state index contributed by atoms with van der Waals surface area (Å²) in [5, 5.41) is 6.69. The Hall–Kier alpha value is -1.24. The number of carbonyl (C=O) groups excluding carboxylic acids is 2. The smallest absolute Gasteiger partial charge is 0.253 e. The van der Waals surface area contributed by atoms with Gasteiger partial charge in [-0.05, 0) is 42.4 Å². The molecule has 2 saturated heterocycles. The quantitative estimate of drug-likeness (QED) is 0.789. The third-order valence-corrected chi connectivity index (χ3v) is 6.01. The van der Waals surface area contributed by atoms with Crippen LogP contribution in [-0.4, -0.2) is 60.9 Å². The Morgan fingerprint density at radius 2 is 2.00 bits per heavy atom. The van der Waals surface area contributed by atoms with E-state index in [4.69, 9.17) is 11.6 Å². The predicted octanol–water partition coefficient (Wildman–Crippen LogP) is 1.87. The molecule has 2 heterocycles. The molecule has 0 saturated carbocycles. The number of nitrogens with zero attached hydrogens (tertiary/aromatic N) is 1. The maximum Gasteiger partial charge on any atom is 0.253 e. The molecule has 7 heteroatoms. The van der Waals surface area contributed by atoms with Gasteiger partial charge in [-0.2, -0.15) is 11.8 Å². The summed E-state index contributed by atoms with van der Waals surface area (Å²) in [6, 6.07) is 6.42. The monoisotopic (exact) mass is 381 g/mol. The predicted molar refractivity (Wildman–Crippen MR) is 102 cm³/mol. The van der Waals surface area contributed by atoms with Gasteiger partial charge in [0, 0.05) is 26.2 Å². The molecule has 0 aliphatic carbocycles. The lowest BCUT2D eigenvalue weighted by Crippen LogP contribution is -2.48. The van der Waals surface area contributed by atoms with Crippen LogP contribution in [0.15, 0.2) is 24.3 Å². The van der Waals surface area contributed by atoms with Gasteiger partial charge in [-0.15, -0.1) is 0 Å². The van der Waals surface area contributed by atoms with E-state index in [1.807, 2.05) is 11.2 Å². The minimum absolute atomic E-state index is 0.0313. The van der Waals surface area contributed by atoms with Gasteiger partial charge in [0.05, 0.1) is 10.6 Å². The van der Waals surface area contributed by atoms with E-state index in [1.165, 1.54) is 0 Å². The number of fused-ring (bicyclic) bond motifs is 1. The van der Waals surface area contributed by atoms with Gasteiger partial charge in [0.15, 0.2) is 0 Å². The van der Waals surface area contributed by atoms with E-state index in [2.05, 4.69) is 10.6 Å². The van der Waals surface area contributed by atoms with Crippen molar-refractivity contribution in [3.63, 3.8) is 0 Å². The topological polar surface area (TPSA) is 61.4 Å². The summed E-state index contributed by atoms with van der Waals surface area (Å²) >= 11 is 7.79. The van der Waals surface area contributed by atoms with Crippen molar-refractivity contribution in [3.05, 3.63) is 34.9 Å². The number of hydrogen-bond acceptors (Lipinski definition) is 4. The average molecular weight is 382 g/mol. The van der Waals surface area contributed by atoms with Crippen LogP contribution in [0.3, 0.4) is 0 Å². The molecule has 2 aliphatic heterocycles. The number of likely N-dealkylation sites (tertiary alicyclic amines) is 1. The first-order chi connectivity index (χ1) is 12.1. The molecule has 1 aromatic carbocycles. The molecule has 3 rings (SSSR count). The number of carbonyl (C=O) groups is 2. The van der Waals surface area contributed by atoms with Crippen LogP contribution in [0.1, 0.15) is 16.8 Å². The minimum Gasteiger partial charge on any atom is -0.340 e. The summed E-state index contributed by atoms with van der Waals surface area (Å²) in [5.74, 6) is 1.66. The molecule has 2 amide bonds. The minimum atomic E-state index is -0.497. The number of benzene rings is 1. The fourth-order valence-corrected chi connectivity index (χ4v) is 4.32. The summed E-state index contributed by atoms with van der Waals surface area (Å²) in [6.45, 7) is 3.54. The van der Waals surface area contributed by atoms with E-state index >= 15 is 0 Å². The highest BCUT2D eigenvalue weighted by molar-refractivity contribution is 7.98. The molecule has 1 aromatic rings. The van der Waals surface area contributed by atoms with Gasteiger partial charge in [-0.3, -0.25) is 9.59 Å². The van der Waals surface area contributed by atoms with E-state index in [0.29, 0.717) is 28.8 Å². The molecule has 2 aliphatic rings.